The van der Waals surface area contributed by atoms with E-state index in [1.54, 1.807) is 23.5 Å². The van der Waals surface area contributed by atoms with Crippen molar-refractivity contribution in [3.63, 3.8) is 0 Å². The van der Waals surface area contributed by atoms with Gasteiger partial charge in [-0.15, -0.1) is 0 Å². The minimum Gasteiger partial charge on any atom is -0.454 e. The minimum absolute atomic E-state index is 0.0235. The van der Waals surface area contributed by atoms with Gasteiger partial charge < -0.3 is 19.3 Å². The van der Waals surface area contributed by atoms with Crippen molar-refractivity contribution in [1.82, 2.24) is 19.7 Å². The Kier molecular flexibility index (Phi) is 5.13. The zero-order chi connectivity index (χ0) is 23.2. The normalized spacial score (nSPS) is 15.7. The summed E-state index contributed by atoms with van der Waals surface area (Å²) in [7, 11) is 0. The Morgan fingerprint density at radius 2 is 1.88 bits per heavy atom. The van der Waals surface area contributed by atoms with E-state index in [1.165, 1.54) is 5.56 Å². The Hall–Kier alpha value is -3.59. The first-order valence-corrected chi connectivity index (χ1v) is 12.3. The molecule has 2 aliphatic heterocycles. The number of nitrogens with zero attached hydrogens (tertiary/aromatic N) is 5. The average molecular weight is 476 g/mol. The smallest absolute Gasteiger partial charge is 0.254 e. The lowest BCUT2D eigenvalue weighted by atomic mass is 10.1. The summed E-state index contributed by atoms with van der Waals surface area (Å²) in [6.45, 7) is 7.27. The zero-order valence-electron chi connectivity index (χ0n) is 19.2. The summed E-state index contributed by atoms with van der Waals surface area (Å²) in [5.74, 6) is 1.35. The number of ether oxygens (including phenoxy) is 2. The van der Waals surface area contributed by atoms with Gasteiger partial charge in [0.1, 0.15) is 0 Å². The molecule has 9 heteroatoms. The summed E-state index contributed by atoms with van der Waals surface area (Å²) in [5.41, 5.74) is 4.71. The zero-order valence-corrected chi connectivity index (χ0v) is 20.0. The third-order valence-corrected chi connectivity index (χ3v) is 7.51. The van der Waals surface area contributed by atoms with Crippen LogP contribution in [0.1, 0.15) is 28.0 Å². The summed E-state index contributed by atoms with van der Waals surface area (Å²) in [6, 6.07) is 13.7. The molecule has 0 unspecified atom stereocenters. The van der Waals surface area contributed by atoms with Crippen LogP contribution in [0.5, 0.6) is 11.5 Å². The number of anilines is 1. The summed E-state index contributed by atoms with van der Waals surface area (Å²) in [5, 5.41) is 5.71. The van der Waals surface area contributed by atoms with Crippen molar-refractivity contribution in [3.05, 3.63) is 59.3 Å². The number of aryl methyl sites for hydroxylation is 2. The lowest BCUT2D eigenvalue weighted by molar-refractivity contribution is 0.0766. The Bertz CT molecular complexity index is 1390. The van der Waals surface area contributed by atoms with E-state index in [2.05, 4.69) is 30.0 Å². The molecular formula is C25H25N5O3S. The number of hydrogen-bond donors (Lipinski definition) is 0. The second-order valence-corrected chi connectivity index (χ2v) is 9.66. The molecule has 0 atom stereocenters. The number of aromatic nitrogens is 3. The molecule has 8 nitrogen and oxygen atoms in total. The predicted molar refractivity (Wildman–Crippen MR) is 132 cm³/mol. The number of thiazole rings is 1. The maximum atomic E-state index is 13.2. The van der Waals surface area contributed by atoms with Crippen molar-refractivity contribution in [2.45, 2.75) is 20.3 Å². The van der Waals surface area contributed by atoms with Crippen LogP contribution in [-0.4, -0.2) is 58.5 Å². The number of hydrogen-bond acceptors (Lipinski definition) is 7. The molecule has 1 fully saturated rings. The predicted octanol–water partition coefficient (Wildman–Crippen LogP) is 4.18. The molecule has 0 radical (unpaired) electrons. The maximum Gasteiger partial charge on any atom is 0.254 e. The fourth-order valence-electron chi connectivity index (χ4n) is 4.52. The van der Waals surface area contributed by atoms with E-state index in [0.717, 1.165) is 46.4 Å². The van der Waals surface area contributed by atoms with Crippen LogP contribution in [0.4, 0.5) is 5.13 Å². The van der Waals surface area contributed by atoms with Gasteiger partial charge in [0.15, 0.2) is 22.3 Å². The average Bonchev–Trinajstić information content (AvgIpc) is 3.50. The summed E-state index contributed by atoms with van der Waals surface area (Å²) in [4.78, 5) is 22.3. The largest absolute Gasteiger partial charge is 0.454 e. The lowest BCUT2D eigenvalue weighted by Gasteiger charge is -2.22. The Labute approximate surface area is 201 Å². The van der Waals surface area contributed by atoms with Gasteiger partial charge in [0.05, 0.1) is 16.1 Å². The molecule has 174 valence electrons. The number of rotatable bonds is 3. The quantitative estimate of drug-likeness (QED) is 0.443. The first-order valence-electron chi connectivity index (χ1n) is 11.4. The van der Waals surface area contributed by atoms with Crippen LogP contribution in [0.15, 0.2) is 42.5 Å². The van der Waals surface area contributed by atoms with Crippen LogP contribution >= 0.6 is 11.3 Å². The number of carbonyl (C=O) groups is 1. The third-order valence-electron chi connectivity index (χ3n) is 6.30. The molecule has 1 saturated heterocycles. The van der Waals surface area contributed by atoms with Gasteiger partial charge >= 0.3 is 0 Å². The summed E-state index contributed by atoms with van der Waals surface area (Å²) >= 11 is 1.68. The summed E-state index contributed by atoms with van der Waals surface area (Å²) in [6.07, 6.45) is 0.884. The molecule has 0 bridgehead atoms. The van der Waals surface area contributed by atoms with Gasteiger partial charge in [-0.05, 0) is 56.2 Å². The van der Waals surface area contributed by atoms with Crippen LogP contribution < -0.4 is 14.4 Å². The van der Waals surface area contributed by atoms with Crippen molar-refractivity contribution in [2.24, 2.45) is 0 Å². The molecule has 2 aromatic heterocycles. The molecule has 0 saturated carbocycles. The highest BCUT2D eigenvalue weighted by Crippen LogP contribution is 2.34. The molecule has 0 aliphatic carbocycles. The van der Waals surface area contributed by atoms with E-state index in [1.807, 2.05) is 28.6 Å². The molecule has 0 spiro atoms. The van der Waals surface area contributed by atoms with Crippen molar-refractivity contribution >= 4 is 32.7 Å². The van der Waals surface area contributed by atoms with Crippen molar-refractivity contribution in [3.8, 4) is 17.2 Å². The van der Waals surface area contributed by atoms with Crippen molar-refractivity contribution in [2.75, 3.05) is 37.9 Å². The van der Waals surface area contributed by atoms with E-state index in [-0.39, 0.29) is 12.7 Å². The first kappa shape index (κ1) is 21.0. The van der Waals surface area contributed by atoms with Gasteiger partial charge in [0, 0.05) is 31.7 Å². The van der Waals surface area contributed by atoms with Crippen LogP contribution in [-0.2, 0) is 0 Å². The molecule has 2 aromatic carbocycles. The molecule has 2 aliphatic rings. The molecule has 4 aromatic rings. The molecule has 6 rings (SSSR count). The number of amides is 1. The molecular weight excluding hydrogens is 450 g/mol. The molecule has 4 heterocycles. The van der Waals surface area contributed by atoms with Crippen molar-refractivity contribution in [1.29, 1.82) is 0 Å². The number of benzene rings is 2. The highest BCUT2D eigenvalue weighted by molar-refractivity contribution is 7.22. The molecule has 34 heavy (non-hydrogen) atoms. The van der Waals surface area contributed by atoms with Gasteiger partial charge in [0.25, 0.3) is 5.91 Å². The van der Waals surface area contributed by atoms with Gasteiger partial charge in [-0.2, -0.15) is 10.1 Å². The highest BCUT2D eigenvalue weighted by Gasteiger charge is 2.25. The molecule has 0 N–H and O–H groups in total. The minimum atomic E-state index is 0.0235. The van der Waals surface area contributed by atoms with Crippen LogP contribution in [0.3, 0.4) is 0 Å². The molecule has 1 amide bonds. The van der Waals surface area contributed by atoms with E-state index in [9.17, 15) is 4.79 Å². The summed E-state index contributed by atoms with van der Waals surface area (Å²) < 4.78 is 13.8. The fourth-order valence-corrected chi connectivity index (χ4v) is 5.56. The van der Waals surface area contributed by atoms with E-state index in [4.69, 9.17) is 19.6 Å². The van der Waals surface area contributed by atoms with Gasteiger partial charge in [-0.3, -0.25) is 4.79 Å². The Morgan fingerprint density at radius 3 is 2.76 bits per heavy atom. The van der Waals surface area contributed by atoms with Crippen LogP contribution in [0.2, 0.25) is 0 Å². The topological polar surface area (TPSA) is 72.7 Å². The second-order valence-electron chi connectivity index (χ2n) is 8.69. The van der Waals surface area contributed by atoms with Crippen molar-refractivity contribution < 1.29 is 14.3 Å². The third kappa shape index (κ3) is 3.66. The van der Waals surface area contributed by atoms with Crippen LogP contribution in [0, 0.1) is 13.8 Å². The standard InChI is InChI=1S/C25H25N5O3S/c1-16-5-3-6-19(13-16)30-23-22(17(2)27-30)34-25(26-23)29-10-4-9-28(11-12-29)24(31)18-7-8-20-21(14-18)33-15-32-20/h3,5-8,13-14H,4,9-12,15H2,1-2H3. The van der Waals surface area contributed by atoms with Crippen LogP contribution in [0.25, 0.3) is 16.0 Å². The van der Waals surface area contributed by atoms with Gasteiger partial charge in [0.2, 0.25) is 6.79 Å². The van der Waals surface area contributed by atoms with E-state index >= 15 is 0 Å². The van der Waals surface area contributed by atoms with E-state index < -0.39 is 0 Å². The monoisotopic (exact) mass is 475 g/mol. The fraction of sp³-hybridized carbons (Fsp3) is 0.320. The van der Waals surface area contributed by atoms with E-state index in [0.29, 0.717) is 30.2 Å². The van der Waals surface area contributed by atoms with Gasteiger partial charge in [-0.1, -0.05) is 23.5 Å². The number of carbonyl (C=O) groups excluding carboxylic acids is 1. The second kappa shape index (κ2) is 8.32. The SMILES string of the molecule is Cc1cccc(-n2nc(C)c3sc(N4CCCN(C(=O)c5ccc6c(c5)OCO6)CC4)nc32)c1. The lowest BCUT2D eigenvalue weighted by Crippen LogP contribution is -2.35. The maximum absolute atomic E-state index is 13.2. The Morgan fingerprint density at radius 1 is 1.00 bits per heavy atom. The Balaban J connectivity index is 1.22. The highest BCUT2D eigenvalue weighted by atomic mass is 32.1. The first-order chi connectivity index (χ1) is 16.6. The van der Waals surface area contributed by atoms with Gasteiger partial charge in [-0.25, -0.2) is 4.68 Å². The number of fused-ring (bicyclic) bond motifs is 2.